The molecule has 0 fully saturated rings. The Hall–Kier alpha value is -2.04. The summed E-state index contributed by atoms with van der Waals surface area (Å²) in [6.45, 7) is 3.55. The monoisotopic (exact) mass is 382 g/mol. The summed E-state index contributed by atoms with van der Waals surface area (Å²) in [4.78, 5) is 22.6. The van der Waals surface area contributed by atoms with Gasteiger partial charge in [0.05, 0.1) is 28.3 Å². The number of aromatic hydroxyl groups is 1. The molecule has 0 aliphatic heterocycles. The maximum absolute atomic E-state index is 11.4. The molecule has 0 bridgehead atoms. The van der Waals surface area contributed by atoms with Crippen LogP contribution >= 0.6 is 23.2 Å². The molecule has 0 unspecified atom stereocenters. The van der Waals surface area contributed by atoms with Crippen LogP contribution < -0.4 is 4.74 Å². The Morgan fingerprint density at radius 3 is 1.92 bits per heavy atom. The number of phenolic OH excluding ortho intramolecular Hbond substituents is 1. The minimum atomic E-state index is -0.119. The van der Waals surface area contributed by atoms with Crippen molar-refractivity contribution in [2.75, 3.05) is 7.11 Å². The molecule has 2 rings (SSSR count). The van der Waals surface area contributed by atoms with Crippen molar-refractivity contribution in [1.82, 2.24) is 0 Å². The van der Waals surface area contributed by atoms with Gasteiger partial charge < -0.3 is 9.84 Å². The van der Waals surface area contributed by atoms with E-state index >= 15 is 0 Å². The van der Waals surface area contributed by atoms with Crippen LogP contribution in [-0.2, 0) is 0 Å². The summed E-state index contributed by atoms with van der Waals surface area (Å²) in [7, 11) is 1.51. The molecule has 1 N–H and O–H groups in total. The SMILES string of the molecule is CCC(=O)c1cccc(Cl)c1O.CCC(=O)c1cccc(Cl)c1OC. The fourth-order valence-electron chi connectivity index (χ4n) is 2.06. The number of methoxy groups -OCH3 is 1. The molecule has 0 amide bonds. The zero-order chi connectivity index (χ0) is 19.0. The quantitative estimate of drug-likeness (QED) is 0.685. The third-order valence-electron chi connectivity index (χ3n) is 3.40. The second-order valence-electron chi connectivity index (χ2n) is 5.01. The van der Waals surface area contributed by atoms with Gasteiger partial charge in [-0.05, 0) is 24.3 Å². The van der Waals surface area contributed by atoms with Crippen molar-refractivity contribution in [3.63, 3.8) is 0 Å². The Morgan fingerprint density at radius 2 is 1.40 bits per heavy atom. The van der Waals surface area contributed by atoms with Crippen LogP contribution in [0.5, 0.6) is 11.5 Å². The standard InChI is InChI=1S/C10H11ClO2.C9H9ClO2/c1-3-9(12)7-5-4-6-8(11)10(7)13-2;1-2-8(11)6-4-3-5-7(10)9(6)12/h4-6H,3H2,1-2H3;3-5,12H,2H2,1H3. The molecule has 0 saturated heterocycles. The van der Waals surface area contributed by atoms with Gasteiger partial charge in [-0.1, -0.05) is 49.2 Å². The van der Waals surface area contributed by atoms with Gasteiger partial charge in [0.25, 0.3) is 0 Å². The van der Waals surface area contributed by atoms with Crippen LogP contribution in [0.2, 0.25) is 10.0 Å². The van der Waals surface area contributed by atoms with Crippen molar-refractivity contribution >= 4 is 34.8 Å². The fraction of sp³-hybridized carbons (Fsp3) is 0.263. The minimum Gasteiger partial charge on any atom is -0.506 e. The molecule has 0 spiro atoms. The minimum absolute atomic E-state index is 0.0411. The summed E-state index contributed by atoms with van der Waals surface area (Å²) < 4.78 is 5.05. The number of phenols is 1. The zero-order valence-corrected chi connectivity index (χ0v) is 15.8. The van der Waals surface area contributed by atoms with Crippen molar-refractivity contribution in [2.45, 2.75) is 26.7 Å². The molecule has 25 heavy (non-hydrogen) atoms. The average molecular weight is 383 g/mol. The topological polar surface area (TPSA) is 63.6 Å². The van der Waals surface area contributed by atoms with Gasteiger partial charge in [0.1, 0.15) is 11.5 Å². The first-order valence-electron chi connectivity index (χ1n) is 7.73. The number of ketones is 2. The van der Waals surface area contributed by atoms with E-state index < -0.39 is 0 Å². The average Bonchev–Trinajstić information content (AvgIpc) is 2.63. The maximum atomic E-state index is 11.4. The lowest BCUT2D eigenvalue weighted by molar-refractivity contribution is 0.0977. The van der Waals surface area contributed by atoms with Crippen LogP contribution in [0.4, 0.5) is 0 Å². The molecular formula is C19H20Cl2O4. The molecule has 0 heterocycles. The number of hydrogen-bond acceptors (Lipinski definition) is 4. The van der Waals surface area contributed by atoms with Crippen LogP contribution in [0.3, 0.4) is 0 Å². The van der Waals surface area contributed by atoms with Gasteiger partial charge in [-0.15, -0.1) is 0 Å². The van der Waals surface area contributed by atoms with Crippen LogP contribution in [0.15, 0.2) is 36.4 Å². The molecule has 0 aliphatic carbocycles. The van der Waals surface area contributed by atoms with Crippen molar-refractivity contribution < 1.29 is 19.4 Å². The molecule has 0 saturated carbocycles. The second kappa shape index (κ2) is 10.1. The molecule has 4 nitrogen and oxygen atoms in total. The number of benzene rings is 2. The molecule has 0 radical (unpaired) electrons. The number of hydrogen-bond donors (Lipinski definition) is 1. The van der Waals surface area contributed by atoms with E-state index in [9.17, 15) is 14.7 Å². The fourth-order valence-corrected chi connectivity index (χ4v) is 2.48. The lowest BCUT2D eigenvalue weighted by atomic mass is 10.1. The Morgan fingerprint density at radius 1 is 0.920 bits per heavy atom. The van der Waals surface area contributed by atoms with Gasteiger partial charge in [0.15, 0.2) is 11.6 Å². The first-order chi connectivity index (χ1) is 11.9. The van der Waals surface area contributed by atoms with Gasteiger partial charge in [0.2, 0.25) is 0 Å². The third-order valence-corrected chi connectivity index (χ3v) is 4.00. The van der Waals surface area contributed by atoms with Crippen molar-refractivity contribution in [1.29, 1.82) is 0 Å². The number of halogens is 2. The van der Waals surface area contributed by atoms with Crippen molar-refractivity contribution in [3.05, 3.63) is 57.6 Å². The summed E-state index contributed by atoms with van der Waals surface area (Å²) in [6, 6.07) is 9.92. The molecule has 2 aromatic carbocycles. The van der Waals surface area contributed by atoms with Crippen LogP contribution in [-0.4, -0.2) is 23.8 Å². The second-order valence-corrected chi connectivity index (χ2v) is 5.82. The van der Waals surface area contributed by atoms with E-state index in [1.54, 1.807) is 43.3 Å². The highest BCUT2D eigenvalue weighted by Crippen LogP contribution is 2.29. The Balaban J connectivity index is 0.000000251. The predicted octanol–water partition coefficient (Wildman–Crippen LogP) is 5.58. The predicted molar refractivity (Wildman–Crippen MR) is 100 cm³/mol. The number of rotatable bonds is 5. The van der Waals surface area contributed by atoms with E-state index in [1.807, 2.05) is 6.92 Å². The highest BCUT2D eigenvalue weighted by molar-refractivity contribution is 6.33. The molecular weight excluding hydrogens is 363 g/mol. The lowest BCUT2D eigenvalue weighted by Crippen LogP contribution is -2.00. The Labute approximate surface area is 157 Å². The summed E-state index contributed by atoms with van der Waals surface area (Å²) >= 11 is 11.5. The zero-order valence-electron chi connectivity index (χ0n) is 14.3. The van der Waals surface area contributed by atoms with E-state index in [2.05, 4.69) is 0 Å². The first kappa shape index (κ1) is 21.0. The molecule has 134 valence electrons. The van der Waals surface area contributed by atoms with Gasteiger partial charge >= 0.3 is 0 Å². The van der Waals surface area contributed by atoms with E-state index in [0.717, 1.165) is 0 Å². The van der Waals surface area contributed by atoms with E-state index in [-0.39, 0.29) is 22.3 Å². The molecule has 0 atom stereocenters. The Bertz CT molecular complexity index is 757. The number of carbonyl (C=O) groups is 2. The molecule has 0 aliphatic rings. The van der Waals surface area contributed by atoms with Crippen LogP contribution in [0.1, 0.15) is 47.4 Å². The normalized spacial score (nSPS) is 9.80. The highest BCUT2D eigenvalue weighted by atomic mass is 35.5. The molecule has 2 aromatic rings. The lowest BCUT2D eigenvalue weighted by Gasteiger charge is -2.07. The summed E-state index contributed by atoms with van der Waals surface area (Å²) in [5, 5.41) is 10.0. The van der Waals surface area contributed by atoms with Gasteiger partial charge in [-0.25, -0.2) is 0 Å². The van der Waals surface area contributed by atoms with E-state index in [4.69, 9.17) is 27.9 Å². The van der Waals surface area contributed by atoms with Gasteiger partial charge in [0, 0.05) is 12.8 Å². The van der Waals surface area contributed by atoms with Crippen LogP contribution in [0, 0.1) is 0 Å². The number of ether oxygens (including phenoxy) is 1. The summed E-state index contributed by atoms with van der Waals surface area (Å²) in [5.74, 6) is 0.288. The number of Topliss-reactive ketones (excluding diaryl/α,β-unsaturated/α-hetero) is 2. The number of para-hydroxylation sites is 2. The summed E-state index contributed by atoms with van der Waals surface area (Å²) in [5.41, 5.74) is 0.850. The first-order valence-corrected chi connectivity index (χ1v) is 8.49. The smallest absolute Gasteiger partial charge is 0.166 e. The summed E-state index contributed by atoms with van der Waals surface area (Å²) in [6.07, 6.45) is 0.824. The van der Waals surface area contributed by atoms with Crippen LogP contribution in [0.25, 0.3) is 0 Å². The van der Waals surface area contributed by atoms with Gasteiger partial charge in [-0.3, -0.25) is 9.59 Å². The van der Waals surface area contributed by atoms with E-state index in [1.165, 1.54) is 7.11 Å². The number of carbonyl (C=O) groups excluding carboxylic acids is 2. The maximum Gasteiger partial charge on any atom is 0.166 e. The largest absolute Gasteiger partial charge is 0.506 e. The Kier molecular flexibility index (Phi) is 8.46. The van der Waals surface area contributed by atoms with Crippen molar-refractivity contribution in [3.8, 4) is 11.5 Å². The van der Waals surface area contributed by atoms with Gasteiger partial charge in [-0.2, -0.15) is 0 Å². The van der Waals surface area contributed by atoms with Crippen molar-refractivity contribution in [2.24, 2.45) is 0 Å². The van der Waals surface area contributed by atoms with E-state index in [0.29, 0.717) is 34.7 Å². The third kappa shape index (κ3) is 5.48. The molecule has 6 heteroatoms. The molecule has 0 aromatic heterocycles. The highest BCUT2D eigenvalue weighted by Gasteiger charge is 2.12.